The molecule has 0 amide bonds. The number of likely N-dealkylation sites (tertiary alicyclic amines) is 1. The lowest BCUT2D eigenvalue weighted by Crippen LogP contribution is -2.36. The summed E-state index contributed by atoms with van der Waals surface area (Å²) in [6.45, 7) is 4.25. The van der Waals surface area contributed by atoms with Crippen molar-refractivity contribution in [2.24, 2.45) is 5.92 Å². The molecule has 0 aliphatic carbocycles. The van der Waals surface area contributed by atoms with Gasteiger partial charge in [0.25, 0.3) is 0 Å². The fourth-order valence-electron chi connectivity index (χ4n) is 4.13. The van der Waals surface area contributed by atoms with Crippen LogP contribution in [0, 0.1) is 5.92 Å². The maximum atomic E-state index is 12.2. The summed E-state index contributed by atoms with van der Waals surface area (Å²) in [6, 6.07) is 18.6. The molecule has 3 heteroatoms. The van der Waals surface area contributed by atoms with Gasteiger partial charge in [-0.1, -0.05) is 54.6 Å². The number of fused-ring (bicyclic) bond motifs is 1. The zero-order chi connectivity index (χ0) is 18.5. The zero-order valence-corrected chi connectivity index (χ0v) is 15.9. The number of nitrogens with zero attached hydrogens (tertiary/aromatic N) is 2. The van der Waals surface area contributed by atoms with E-state index in [0.29, 0.717) is 18.6 Å². The van der Waals surface area contributed by atoms with E-state index in [1.165, 1.54) is 23.6 Å². The van der Waals surface area contributed by atoms with Crippen molar-refractivity contribution < 1.29 is 4.79 Å². The molecule has 1 aliphatic heterocycles. The fourth-order valence-corrected chi connectivity index (χ4v) is 4.13. The Morgan fingerprint density at radius 1 is 0.889 bits per heavy atom. The molecule has 140 valence electrons. The highest BCUT2D eigenvalue weighted by atomic mass is 16.1. The first-order valence-corrected chi connectivity index (χ1v) is 10.1. The number of benzene rings is 2. The van der Waals surface area contributed by atoms with Crippen molar-refractivity contribution in [2.75, 3.05) is 19.6 Å². The van der Waals surface area contributed by atoms with E-state index < -0.39 is 0 Å². The Labute approximate surface area is 161 Å². The van der Waals surface area contributed by atoms with Gasteiger partial charge in [-0.25, -0.2) is 0 Å². The van der Waals surface area contributed by atoms with E-state index in [0.717, 1.165) is 37.7 Å². The summed E-state index contributed by atoms with van der Waals surface area (Å²) >= 11 is 0. The lowest BCUT2D eigenvalue weighted by molar-refractivity contribution is -0.118. The topological polar surface area (TPSA) is 25.2 Å². The molecule has 0 atom stereocenters. The SMILES string of the molecule is O=C(CCN1CCC(Cn2cc3ccccc3c2)CC1)Cc1ccccc1. The van der Waals surface area contributed by atoms with Crippen molar-refractivity contribution in [3.63, 3.8) is 0 Å². The van der Waals surface area contributed by atoms with Gasteiger partial charge in [0.2, 0.25) is 0 Å². The largest absolute Gasteiger partial charge is 0.353 e. The summed E-state index contributed by atoms with van der Waals surface area (Å²) in [4.78, 5) is 14.7. The van der Waals surface area contributed by atoms with Crippen molar-refractivity contribution >= 4 is 16.6 Å². The number of piperidine rings is 1. The Balaban J connectivity index is 1.20. The van der Waals surface area contributed by atoms with Crippen LogP contribution in [-0.2, 0) is 17.8 Å². The van der Waals surface area contributed by atoms with Crippen molar-refractivity contribution in [2.45, 2.75) is 32.2 Å². The molecule has 0 bridgehead atoms. The average Bonchev–Trinajstić information content (AvgIpc) is 3.10. The minimum Gasteiger partial charge on any atom is -0.353 e. The molecule has 0 radical (unpaired) electrons. The van der Waals surface area contributed by atoms with Crippen LogP contribution >= 0.6 is 0 Å². The summed E-state index contributed by atoms with van der Waals surface area (Å²) in [6.07, 6.45) is 8.22. The molecule has 2 aromatic carbocycles. The monoisotopic (exact) mass is 360 g/mol. The van der Waals surface area contributed by atoms with Crippen LogP contribution < -0.4 is 0 Å². The first-order chi connectivity index (χ1) is 13.3. The first kappa shape index (κ1) is 18.0. The molecular weight excluding hydrogens is 332 g/mol. The number of carbonyl (C=O) groups excluding carboxylic acids is 1. The number of ketones is 1. The van der Waals surface area contributed by atoms with Crippen LogP contribution in [0.5, 0.6) is 0 Å². The first-order valence-electron chi connectivity index (χ1n) is 10.1. The van der Waals surface area contributed by atoms with E-state index in [9.17, 15) is 4.79 Å². The van der Waals surface area contributed by atoms with Gasteiger partial charge in [-0.05, 0) is 48.2 Å². The summed E-state index contributed by atoms with van der Waals surface area (Å²) in [5.74, 6) is 1.09. The van der Waals surface area contributed by atoms with Crippen molar-refractivity contribution in [1.82, 2.24) is 9.47 Å². The normalized spacial score (nSPS) is 16.0. The molecule has 1 aliphatic rings. The number of Topliss-reactive ketones (excluding diaryl/α,β-unsaturated/α-hetero) is 1. The molecule has 0 spiro atoms. The van der Waals surface area contributed by atoms with Gasteiger partial charge in [-0.3, -0.25) is 4.79 Å². The van der Waals surface area contributed by atoms with Gasteiger partial charge in [0.1, 0.15) is 5.78 Å². The summed E-state index contributed by atoms with van der Waals surface area (Å²) in [5.41, 5.74) is 1.13. The van der Waals surface area contributed by atoms with E-state index in [2.05, 4.69) is 46.1 Å². The van der Waals surface area contributed by atoms with Gasteiger partial charge in [0, 0.05) is 38.3 Å². The summed E-state index contributed by atoms with van der Waals surface area (Å²) in [5, 5.41) is 2.65. The van der Waals surface area contributed by atoms with Gasteiger partial charge in [-0.15, -0.1) is 0 Å². The minimum atomic E-state index is 0.349. The molecule has 0 N–H and O–H groups in total. The molecule has 27 heavy (non-hydrogen) atoms. The van der Waals surface area contributed by atoms with E-state index in [-0.39, 0.29) is 0 Å². The van der Waals surface area contributed by atoms with Crippen LogP contribution in [0.4, 0.5) is 0 Å². The maximum absolute atomic E-state index is 12.2. The van der Waals surface area contributed by atoms with Gasteiger partial charge < -0.3 is 9.47 Å². The van der Waals surface area contributed by atoms with E-state index >= 15 is 0 Å². The molecule has 4 rings (SSSR count). The van der Waals surface area contributed by atoms with Gasteiger partial charge in [-0.2, -0.15) is 0 Å². The van der Waals surface area contributed by atoms with Crippen LogP contribution in [0.15, 0.2) is 67.0 Å². The third kappa shape index (κ3) is 4.86. The standard InChI is InChI=1S/C24H28N2O/c27-24(16-20-6-2-1-3-7-20)12-15-25-13-10-21(11-14-25)17-26-18-22-8-4-5-9-23(22)19-26/h1-9,18-19,21H,10-17H2. The van der Waals surface area contributed by atoms with Crippen molar-refractivity contribution in [1.29, 1.82) is 0 Å². The summed E-state index contributed by atoms with van der Waals surface area (Å²) in [7, 11) is 0. The van der Waals surface area contributed by atoms with Crippen molar-refractivity contribution in [3.8, 4) is 0 Å². The van der Waals surface area contributed by atoms with Gasteiger partial charge in [0.15, 0.2) is 0 Å². The highest BCUT2D eigenvalue weighted by Gasteiger charge is 2.20. The number of rotatable bonds is 7. The molecule has 0 saturated carbocycles. The Morgan fingerprint density at radius 3 is 2.19 bits per heavy atom. The zero-order valence-electron chi connectivity index (χ0n) is 15.9. The predicted octanol–water partition coefficient (Wildman–Crippen LogP) is 4.56. The second-order valence-corrected chi connectivity index (χ2v) is 7.82. The van der Waals surface area contributed by atoms with Crippen LogP contribution in [0.2, 0.25) is 0 Å². The third-order valence-electron chi connectivity index (χ3n) is 5.73. The molecule has 0 unspecified atom stereocenters. The Bertz CT molecular complexity index is 843. The maximum Gasteiger partial charge on any atom is 0.138 e. The molecular formula is C24H28N2O. The predicted molar refractivity (Wildman–Crippen MR) is 111 cm³/mol. The second-order valence-electron chi connectivity index (χ2n) is 7.82. The average molecular weight is 361 g/mol. The molecule has 3 nitrogen and oxygen atoms in total. The van der Waals surface area contributed by atoms with Crippen LogP contribution in [0.3, 0.4) is 0 Å². The molecule has 1 fully saturated rings. The Morgan fingerprint density at radius 2 is 1.52 bits per heavy atom. The van der Waals surface area contributed by atoms with Gasteiger partial charge >= 0.3 is 0 Å². The minimum absolute atomic E-state index is 0.349. The van der Waals surface area contributed by atoms with Crippen LogP contribution in [0.1, 0.15) is 24.8 Å². The smallest absolute Gasteiger partial charge is 0.138 e. The number of hydrogen-bond acceptors (Lipinski definition) is 2. The van der Waals surface area contributed by atoms with Gasteiger partial charge in [0.05, 0.1) is 0 Å². The Kier molecular flexibility index (Phi) is 5.69. The lowest BCUT2D eigenvalue weighted by Gasteiger charge is -2.32. The molecule has 3 aromatic rings. The highest BCUT2D eigenvalue weighted by Crippen LogP contribution is 2.22. The number of hydrogen-bond donors (Lipinski definition) is 0. The number of aromatic nitrogens is 1. The Hall–Kier alpha value is -2.39. The van der Waals surface area contributed by atoms with E-state index in [4.69, 9.17) is 0 Å². The highest BCUT2D eigenvalue weighted by molar-refractivity contribution is 5.82. The summed E-state index contributed by atoms with van der Waals surface area (Å²) < 4.78 is 2.36. The number of carbonyl (C=O) groups is 1. The van der Waals surface area contributed by atoms with Crippen molar-refractivity contribution in [3.05, 3.63) is 72.6 Å². The third-order valence-corrected chi connectivity index (χ3v) is 5.73. The molecule has 2 heterocycles. The van der Waals surface area contributed by atoms with E-state index in [1.54, 1.807) is 0 Å². The quantitative estimate of drug-likeness (QED) is 0.617. The van der Waals surface area contributed by atoms with E-state index in [1.807, 2.05) is 30.3 Å². The van der Waals surface area contributed by atoms with Crippen LogP contribution in [0.25, 0.3) is 10.8 Å². The molecule has 1 aromatic heterocycles. The lowest BCUT2D eigenvalue weighted by atomic mass is 9.96. The molecule has 1 saturated heterocycles. The van der Waals surface area contributed by atoms with Crippen LogP contribution in [-0.4, -0.2) is 34.9 Å². The second kappa shape index (κ2) is 8.53. The fraction of sp³-hybridized carbons (Fsp3) is 0.375.